The van der Waals surface area contributed by atoms with Crippen LogP contribution in [0.4, 0.5) is 5.82 Å². The lowest BCUT2D eigenvalue weighted by Crippen LogP contribution is -2.47. The van der Waals surface area contributed by atoms with Crippen molar-refractivity contribution in [3.8, 4) is 11.5 Å². The number of ketones is 2. The number of rotatable bonds is 10. The first-order valence-corrected chi connectivity index (χ1v) is 13.8. The van der Waals surface area contributed by atoms with E-state index in [1.54, 1.807) is 19.2 Å². The van der Waals surface area contributed by atoms with Gasteiger partial charge in [0, 0.05) is 62.4 Å². The quantitative estimate of drug-likeness (QED) is 0.272. The fourth-order valence-corrected chi connectivity index (χ4v) is 5.34. The van der Waals surface area contributed by atoms with Gasteiger partial charge in [0.25, 0.3) is 0 Å². The second-order valence-corrected chi connectivity index (χ2v) is 10.3. The van der Waals surface area contributed by atoms with Crippen LogP contribution >= 0.6 is 23.2 Å². The summed E-state index contributed by atoms with van der Waals surface area (Å²) in [7, 11) is 3.11. The molecule has 0 bridgehead atoms. The van der Waals surface area contributed by atoms with Crippen LogP contribution in [-0.2, 0) is 20.9 Å². The fourth-order valence-electron chi connectivity index (χ4n) is 4.81. The third-order valence-electron chi connectivity index (χ3n) is 6.86. The Bertz CT molecular complexity index is 1540. The van der Waals surface area contributed by atoms with E-state index < -0.39 is 5.78 Å². The summed E-state index contributed by atoms with van der Waals surface area (Å²) >= 11 is 12.6. The van der Waals surface area contributed by atoms with Gasteiger partial charge < -0.3 is 24.4 Å². The number of carbonyl (C=O) groups excluding carboxylic acids is 2. The first kappa shape index (κ1) is 28.8. The summed E-state index contributed by atoms with van der Waals surface area (Å²) in [4.78, 5) is 39.3. The molecule has 1 N–H and O–H groups in total. The standard InChI is InChI=1S/C29H29Cl2N5O5/c1-39-10-11-41-25-15-21-20(13-24(25)40-2)29(33-17-32-21)34-22-14-23(37)27(26(31)28(22)38)36-8-6-35(7-9-36)16-18-4-3-5-19(30)12-18/h3-5,12-15,17H,6-11,16H2,1-2H3,(H,32,33,34). The average Bonchev–Trinajstić information content (AvgIpc) is 2.96. The number of nitrogens with one attached hydrogen (secondary N) is 1. The van der Waals surface area contributed by atoms with Crippen LogP contribution in [0.3, 0.4) is 0 Å². The molecule has 0 atom stereocenters. The van der Waals surface area contributed by atoms with E-state index in [1.807, 2.05) is 29.2 Å². The number of piperazine rings is 1. The predicted octanol–water partition coefficient (Wildman–Crippen LogP) is 4.03. The molecule has 2 heterocycles. The highest BCUT2D eigenvalue weighted by Gasteiger charge is 2.33. The van der Waals surface area contributed by atoms with E-state index >= 15 is 0 Å². The Hall–Kier alpha value is -3.70. The molecule has 0 saturated carbocycles. The van der Waals surface area contributed by atoms with Crippen molar-refractivity contribution in [3.05, 3.63) is 75.8 Å². The number of hydrogen-bond donors (Lipinski definition) is 1. The maximum atomic E-state index is 13.3. The number of halogens is 2. The van der Waals surface area contributed by atoms with Gasteiger partial charge in [0.15, 0.2) is 11.5 Å². The molecule has 10 nitrogen and oxygen atoms in total. The monoisotopic (exact) mass is 597 g/mol. The number of fused-ring (bicyclic) bond motifs is 1. The molecule has 1 fully saturated rings. The number of ether oxygens (including phenoxy) is 3. The number of carbonyl (C=O) groups is 2. The van der Waals surface area contributed by atoms with Gasteiger partial charge in [-0.25, -0.2) is 9.97 Å². The number of aromatic nitrogens is 2. The molecular formula is C29H29Cl2N5O5. The number of allylic oxidation sites excluding steroid dienone is 2. The summed E-state index contributed by atoms with van der Waals surface area (Å²) in [6.07, 6.45) is 2.63. The van der Waals surface area contributed by atoms with Gasteiger partial charge in [-0.1, -0.05) is 35.3 Å². The van der Waals surface area contributed by atoms with E-state index in [9.17, 15) is 9.59 Å². The number of hydrogen-bond acceptors (Lipinski definition) is 10. The zero-order valence-electron chi connectivity index (χ0n) is 22.7. The summed E-state index contributed by atoms with van der Waals surface area (Å²) in [6, 6.07) is 11.2. The molecular weight excluding hydrogens is 569 g/mol. The zero-order valence-corrected chi connectivity index (χ0v) is 24.2. The van der Waals surface area contributed by atoms with Gasteiger partial charge >= 0.3 is 0 Å². The van der Waals surface area contributed by atoms with Crippen molar-refractivity contribution in [2.45, 2.75) is 6.54 Å². The minimum Gasteiger partial charge on any atom is -0.493 e. The Morgan fingerprint density at radius 2 is 1.78 bits per heavy atom. The Morgan fingerprint density at radius 3 is 2.51 bits per heavy atom. The van der Waals surface area contributed by atoms with Crippen molar-refractivity contribution in [2.75, 3.05) is 58.9 Å². The van der Waals surface area contributed by atoms with Gasteiger partial charge in [0.05, 0.1) is 24.9 Å². The maximum absolute atomic E-state index is 13.3. The molecule has 12 heteroatoms. The van der Waals surface area contributed by atoms with Crippen molar-refractivity contribution in [1.29, 1.82) is 0 Å². The molecule has 1 aliphatic heterocycles. The molecule has 1 aromatic heterocycles. The number of anilines is 1. The fraction of sp³-hybridized carbons (Fsp3) is 0.310. The first-order chi connectivity index (χ1) is 19.9. The number of Topliss-reactive ketones (excluding diaryl/α,β-unsaturated/α-hetero) is 1. The van der Waals surface area contributed by atoms with E-state index in [1.165, 1.54) is 19.5 Å². The Balaban J connectivity index is 1.30. The topological polar surface area (TPSA) is 106 Å². The summed E-state index contributed by atoms with van der Waals surface area (Å²) in [5.41, 5.74) is 1.93. The summed E-state index contributed by atoms with van der Waals surface area (Å²) < 4.78 is 16.3. The minimum absolute atomic E-state index is 0.0303. The molecule has 1 aliphatic carbocycles. The van der Waals surface area contributed by atoms with Crippen LogP contribution in [-0.4, -0.2) is 84.9 Å². The van der Waals surface area contributed by atoms with E-state index in [-0.39, 0.29) is 22.2 Å². The van der Waals surface area contributed by atoms with Crippen molar-refractivity contribution in [1.82, 2.24) is 19.8 Å². The van der Waals surface area contributed by atoms with Gasteiger partial charge in [-0.3, -0.25) is 14.5 Å². The van der Waals surface area contributed by atoms with Gasteiger partial charge in [-0.2, -0.15) is 0 Å². The van der Waals surface area contributed by atoms with Crippen LogP contribution in [0.15, 0.2) is 65.2 Å². The van der Waals surface area contributed by atoms with Crippen LogP contribution in [0, 0.1) is 0 Å². The van der Waals surface area contributed by atoms with Crippen LogP contribution in [0.5, 0.6) is 11.5 Å². The first-order valence-electron chi connectivity index (χ1n) is 13.0. The molecule has 0 radical (unpaired) electrons. The molecule has 2 aromatic carbocycles. The third-order valence-corrected chi connectivity index (χ3v) is 7.45. The van der Waals surface area contributed by atoms with Crippen LogP contribution in [0.25, 0.3) is 10.9 Å². The van der Waals surface area contributed by atoms with E-state index in [0.29, 0.717) is 72.6 Å². The second kappa shape index (κ2) is 12.9. The molecule has 5 rings (SSSR count). The Labute approximate surface area is 247 Å². The molecule has 0 spiro atoms. The predicted molar refractivity (Wildman–Crippen MR) is 156 cm³/mol. The zero-order chi connectivity index (χ0) is 28.9. The number of benzene rings is 2. The van der Waals surface area contributed by atoms with Gasteiger partial charge in [0.2, 0.25) is 11.6 Å². The van der Waals surface area contributed by atoms with Crippen LogP contribution < -0.4 is 14.8 Å². The molecule has 1 saturated heterocycles. The van der Waals surface area contributed by atoms with Crippen molar-refractivity contribution in [2.24, 2.45) is 0 Å². The number of nitrogens with zero attached hydrogens (tertiary/aromatic N) is 4. The van der Waals surface area contributed by atoms with Crippen LogP contribution in [0.1, 0.15) is 5.56 Å². The van der Waals surface area contributed by atoms with Gasteiger partial charge in [0.1, 0.15) is 29.5 Å². The lowest BCUT2D eigenvalue weighted by molar-refractivity contribution is -0.116. The highest BCUT2D eigenvalue weighted by atomic mass is 35.5. The van der Waals surface area contributed by atoms with Crippen molar-refractivity contribution < 1.29 is 23.8 Å². The molecule has 2 aliphatic rings. The smallest absolute Gasteiger partial charge is 0.222 e. The molecule has 214 valence electrons. The highest BCUT2D eigenvalue weighted by Crippen LogP contribution is 2.35. The molecule has 41 heavy (non-hydrogen) atoms. The van der Waals surface area contributed by atoms with Gasteiger partial charge in [-0.05, 0) is 23.8 Å². The average molecular weight is 598 g/mol. The summed E-state index contributed by atoms with van der Waals surface area (Å²) in [6.45, 7) is 4.05. The molecule has 3 aromatic rings. The van der Waals surface area contributed by atoms with Crippen LogP contribution in [0.2, 0.25) is 5.02 Å². The van der Waals surface area contributed by atoms with Crippen molar-refractivity contribution in [3.63, 3.8) is 0 Å². The van der Waals surface area contributed by atoms with E-state index in [4.69, 9.17) is 37.4 Å². The van der Waals surface area contributed by atoms with E-state index in [0.717, 1.165) is 12.1 Å². The minimum atomic E-state index is -0.485. The summed E-state index contributed by atoms with van der Waals surface area (Å²) in [5, 5.41) is 4.15. The van der Waals surface area contributed by atoms with Gasteiger partial charge in [-0.15, -0.1) is 0 Å². The Morgan fingerprint density at radius 1 is 0.976 bits per heavy atom. The van der Waals surface area contributed by atoms with Crippen molar-refractivity contribution >= 4 is 51.5 Å². The molecule has 0 unspecified atom stereocenters. The maximum Gasteiger partial charge on any atom is 0.222 e. The highest BCUT2D eigenvalue weighted by molar-refractivity contribution is 6.49. The Kier molecular flexibility index (Phi) is 9.04. The summed E-state index contributed by atoms with van der Waals surface area (Å²) in [5.74, 6) is 0.451. The van der Waals surface area contributed by atoms with E-state index in [2.05, 4.69) is 20.2 Å². The second-order valence-electron chi connectivity index (χ2n) is 9.52. The third kappa shape index (κ3) is 6.46. The number of methoxy groups -OCH3 is 2. The molecule has 0 amide bonds. The lowest BCUT2D eigenvalue weighted by atomic mass is 10.0. The normalized spacial score (nSPS) is 16.3. The lowest BCUT2D eigenvalue weighted by Gasteiger charge is -2.37. The largest absolute Gasteiger partial charge is 0.493 e. The SMILES string of the molecule is COCCOc1cc2ncnc(NC3=CC(=O)C(N4CCN(Cc5cccc(Cl)c5)CC4)=C(Cl)C3=O)c2cc1OC.